The number of carbonyl (C=O) groups is 3. The lowest BCUT2D eigenvalue weighted by atomic mass is 9.95. The Bertz CT molecular complexity index is 1160. The van der Waals surface area contributed by atoms with Crippen LogP contribution in [0, 0.1) is 5.41 Å². The van der Waals surface area contributed by atoms with E-state index in [1.165, 1.54) is 25.3 Å². The van der Waals surface area contributed by atoms with E-state index in [1.54, 1.807) is 38.1 Å². The van der Waals surface area contributed by atoms with E-state index in [0.29, 0.717) is 4.31 Å². The van der Waals surface area contributed by atoms with E-state index in [-0.39, 0.29) is 28.4 Å². The fourth-order valence-corrected chi connectivity index (χ4v) is 5.80. The number of nitrogens with zero attached hydrogens (tertiary/aromatic N) is 1. The van der Waals surface area contributed by atoms with Crippen LogP contribution in [0.3, 0.4) is 0 Å². The Morgan fingerprint density at radius 2 is 1.84 bits per heavy atom. The van der Waals surface area contributed by atoms with Crippen molar-refractivity contribution in [2.24, 2.45) is 5.41 Å². The first-order chi connectivity index (χ1) is 15.0. The maximum atomic E-state index is 13.0. The first kappa shape index (κ1) is 23.7. The number of halogens is 1. The third-order valence-electron chi connectivity index (χ3n) is 5.09. The van der Waals surface area contributed by atoms with Crippen LogP contribution in [-0.4, -0.2) is 45.1 Å². The van der Waals surface area contributed by atoms with E-state index in [1.807, 2.05) is 6.07 Å². The van der Waals surface area contributed by atoms with Gasteiger partial charge < -0.3 is 10.1 Å². The molecule has 10 heteroatoms. The molecule has 0 bridgehead atoms. The Balaban J connectivity index is 1.91. The summed E-state index contributed by atoms with van der Waals surface area (Å²) >= 11 is 6.19. The summed E-state index contributed by atoms with van der Waals surface area (Å²) in [5.41, 5.74) is -0.349. The third-order valence-corrected chi connectivity index (χ3v) is 7.44. The summed E-state index contributed by atoms with van der Waals surface area (Å²) in [4.78, 5) is 37.9. The Morgan fingerprint density at radius 3 is 2.41 bits per heavy atom. The van der Waals surface area contributed by atoms with Crippen molar-refractivity contribution in [2.45, 2.75) is 26.3 Å². The van der Waals surface area contributed by atoms with Gasteiger partial charge in [0.2, 0.25) is 15.9 Å². The summed E-state index contributed by atoms with van der Waals surface area (Å²) in [6.45, 7) is 3.09. The predicted molar refractivity (Wildman–Crippen MR) is 120 cm³/mol. The molecule has 1 fully saturated rings. The molecule has 0 saturated carbocycles. The Kier molecular flexibility index (Phi) is 6.61. The number of nitrogens with one attached hydrogen (secondary N) is 1. The van der Waals surface area contributed by atoms with Crippen LogP contribution < -0.4 is 9.62 Å². The second-order valence-corrected chi connectivity index (χ2v) is 10.3. The zero-order valence-corrected chi connectivity index (χ0v) is 19.4. The van der Waals surface area contributed by atoms with Crippen molar-refractivity contribution in [3.05, 3.63) is 64.7 Å². The SMILES string of the molecule is COC(=O)[C@H](Cc1ccccc1)NC(=O)c1cc(N2C(=O)C(C)(C)CS2(=O)=O)ccc1Cl. The number of anilines is 1. The normalized spacial score (nSPS) is 17.6. The summed E-state index contributed by atoms with van der Waals surface area (Å²) in [6, 6.07) is 12.0. The molecular formula is C22H23ClN2O6S. The molecule has 0 unspecified atom stereocenters. The predicted octanol–water partition coefficient (Wildman–Crippen LogP) is 2.56. The van der Waals surface area contributed by atoms with Crippen molar-refractivity contribution in [2.75, 3.05) is 17.2 Å². The molecule has 1 saturated heterocycles. The van der Waals surface area contributed by atoms with Gasteiger partial charge in [0.15, 0.2) is 0 Å². The molecule has 170 valence electrons. The first-order valence-electron chi connectivity index (χ1n) is 9.76. The molecular weight excluding hydrogens is 456 g/mol. The molecule has 1 aliphatic heterocycles. The van der Waals surface area contributed by atoms with Crippen molar-refractivity contribution in [1.82, 2.24) is 5.32 Å². The zero-order valence-electron chi connectivity index (χ0n) is 17.8. The van der Waals surface area contributed by atoms with Gasteiger partial charge in [0.25, 0.3) is 5.91 Å². The molecule has 1 heterocycles. The number of hydrogen-bond donors (Lipinski definition) is 1. The number of ether oxygens (including phenoxy) is 1. The topological polar surface area (TPSA) is 110 Å². The third kappa shape index (κ3) is 4.78. The minimum Gasteiger partial charge on any atom is -0.467 e. The van der Waals surface area contributed by atoms with Crippen LogP contribution >= 0.6 is 11.6 Å². The Morgan fingerprint density at radius 1 is 1.19 bits per heavy atom. The molecule has 8 nitrogen and oxygen atoms in total. The smallest absolute Gasteiger partial charge is 0.328 e. The van der Waals surface area contributed by atoms with Crippen molar-refractivity contribution in [1.29, 1.82) is 0 Å². The van der Waals surface area contributed by atoms with Gasteiger partial charge in [-0.3, -0.25) is 9.59 Å². The van der Waals surface area contributed by atoms with Gasteiger partial charge in [-0.15, -0.1) is 0 Å². The van der Waals surface area contributed by atoms with Crippen molar-refractivity contribution >= 4 is 45.1 Å². The number of methoxy groups -OCH3 is 1. The van der Waals surface area contributed by atoms with E-state index in [0.717, 1.165) is 5.56 Å². The lowest BCUT2D eigenvalue weighted by molar-refractivity contribution is -0.142. The van der Waals surface area contributed by atoms with Crippen LogP contribution in [0.4, 0.5) is 5.69 Å². The van der Waals surface area contributed by atoms with Crippen LogP contribution in [0.5, 0.6) is 0 Å². The lowest BCUT2D eigenvalue weighted by Crippen LogP contribution is -2.43. The number of hydrogen-bond acceptors (Lipinski definition) is 6. The quantitative estimate of drug-likeness (QED) is 0.639. The van der Waals surface area contributed by atoms with Gasteiger partial charge in [0, 0.05) is 6.42 Å². The number of rotatable bonds is 6. The average Bonchev–Trinajstić information content (AvgIpc) is 2.90. The second kappa shape index (κ2) is 8.91. The molecule has 1 atom stereocenters. The molecule has 2 aromatic rings. The van der Waals surface area contributed by atoms with Crippen molar-refractivity contribution in [3.63, 3.8) is 0 Å². The van der Waals surface area contributed by atoms with E-state index in [9.17, 15) is 22.8 Å². The minimum absolute atomic E-state index is 0.00722. The van der Waals surface area contributed by atoms with Crippen LogP contribution in [-0.2, 0) is 30.8 Å². The number of amides is 2. The highest BCUT2D eigenvalue weighted by Gasteiger charge is 2.50. The van der Waals surface area contributed by atoms with Gasteiger partial charge in [-0.05, 0) is 37.6 Å². The van der Waals surface area contributed by atoms with Crippen LogP contribution in [0.1, 0.15) is 29.8 Å². The van der Waals surface area contributed by atoms with E-state index >= 15 is 0 Å². The van der Waals surface area contributed by atoms with Gasteiger partial charge in [-0.1, -0.05) is 41.9 Å². The molecule has 1 N–H and O–H groups in total. The number of esters is 1. The van der Waals surface area contributed by atoms with Gasteiger partial charge in [-0.2, -0.15) is 0 Å². The van der Waals surface area contributed by atoms with E-state index in [4.69, 9.17) is 16.3 Å². The Labute approximate surface area is 191 Å². The Hall–Kier alpha value is -2.91. The van der Waals surface area contributed by atoms with Crippen molar-refractivity contribution in [3.8, 4) is 0 Å². The van der Waals surface area contributed by atoms with E-state index in [2.05, 4.69) is 5.32 Å². The summed E-state index contributed by atoms with van der Waals surface area (Å²) in [5.74, 6) is -2.28. The maximum Gasteiger partial charge on any atom is 0.328 e. The molecule has 0 radical (unpaired) electrons. The first-order valence-corrected chi connectivity index (χ1v) is 11.7. The molecule has 0 spiro atoms. The van der Waals surface area contributed by atoms with Gasteiger partial charge in [0.1, 0.15) is 6.04 Å². The summed E-state index contributed by atoms with van der Waals surface area (Å²) < 4.78 is 30.6. The molecule has 3 rings (SSSR count). The molecule has 1 aliphatic rings. The molecule has 2 aromatic carbocycles. The van der Waals surface area contributed by atoms with Crippen LogP contribution in [0.2, 0.25) is 5.02 Å². The highest BCUT2D eigenvalue weighted by Crippen LogP contribution is 2.36. The lowest BCUT2D eigenvalue weighted by Gasteiger charge is -2.20. The zero-order chi connectivity index (χ0) is 23.7. The van der Waals surface area contributed by atoms with Crippen molar-refractivity contribution < 1.29 is 27.5 Å². The largest absolute Gasteiger partial charge is 0.467 e. The number of benzene rings is 2. The molecule has 0 aliphatic carbocycles. The average molecular weight is 479 g/mol. The molecule has 2 amide bonds. The monoisotopic (exact) mass is 478 g/mol. The highest BCUT2D eigenvalue weighted by molar-refractivity contribution is 7.94. The second-order valence-electron chi connectivity index (χ2n) is 8.11. The van der Waals surface area contributed by atoms with Crippen LogP contribution in [0.15, 0.2) is 48.5 Å². The molecule has 0 aromatic heterocycles. The fraction of sp³-hybridized carbons (Fsp3) is 0.318. The summed E-state index contributed by atoms with van der Waals surface area (Å²) in [6.07, 6.45) is 0.184. The number of carbonyl (C=O) groups excluding carboxylic acids is 3. The summed E-state index contributed by atoms with van der Waals surface area (Å²) in [7, 11) is -2.68. The van der Waals surface area contributed by atoms with E-state index < -0.39 is 39.3 Å². The fourth-order valence-electron chi connectivity index (χ4n) is 3.50. The van der Waals surface area contributed by atoms with Gasteiger partial charge in [-0.25, -0.2) is 17.5 Å². The van der Waals surface area contributed by atoms with Gasteiger partial charge >= 0.3 is 5.97 Å². The molecule has 32 heavy (non-hydrogen) atoms. The van der Waals surface area contributed by atoms with Crippen LogP contribution in [0.25, 0.3) is 0 Å². The standard InChI is InChI=1S/C22H23ClN2O6S/c1-22(2)13-32(29,30)25(21(22)28)15-9-10-17(23)16(12-15)19(26)24-18(20(27)31-3)11-14-7-5-4-6-8-14/h4-10,12,18H,11,13H2,1-3H3,(H,24,26)/t18-/m0/s1. The minimum atomic E-state index is -3.90. The summed E-state index contributed by atoms with van der Waals surface area (Å²) in [5, 5.41) is 2.63. The van der Waals surface area contributed by atoms with Gasteiger partial charge in [0.05, 0.1) is 34.6 Å². The highest BCUT2D eigenvalue weighted by atomic mass is 35.5. The number of sulfonamides is 1. The maximum absolute atomic E-state index is 13.0.